The first-order valence-electron chi connectivity index (χ1n) is 8.84. The molecule has 2 unspecified atom stereocenters. The van der Waals surface area contributed by atoms with Crippen molar-refractivity contribution in [1.82, 2.24) is 14.9 Å². The van der Waals surface area contributed by atoms with Gasteiger partial charge in [-0.15, -0.1) is 0 Å². The minimum Gasteiger partial charge on any atom is -0.336 e. The summed E-state index contributed by atoms with van der Waals surface area (Å²) in [4.78, 5) is 4.14. The van der Waals surface area contributed by atoms with Crippen LogP contribution in [-0.4, -0.2) is 9.55 Å². The van der Waals surface area contributed by atoms with Crippen LogP contribution in [0.25, 0.3) is 0 Å². The van der Waals surface area contributed by atoms with Crippen molar-refractivity contribution in [2.24, 2.45) is 0 Å². The number of hydrogen-bond acceptors (Lipinski definition) is 2. The summed E-state index contributed by atoms with van der Waals surface area (Å²) in [5, 5.41) is 3.82. The van der Waals surface area contributed by atoms with Crippen molar-refractivity contribution in [3.05, 3.63) is 89.8 Å². The molecular formula is C21H22FN3. The Bertz CT molecular complexity index is 811. The van der Waals surface area contributed by atoms with Gasteiger partial charge in [-0.1, -0.05) is 36.4 Å². The number of halogens is 1. The summed E-state index contributed by atoms with van der Waals surface area (Å²) in [7, 11) is 0. The number of aromatic nitrogens is 2. The van der Waals surface area contributed by atoms with Gasteiger partial charge in [0.2, 0.25) is 0 Å². The molecule has 0 spiro atoms. The van der Waals surface area contributed by atoms with Gasteiger partial charge in [0.15, 0.2) is 0 Å². The molecule has 0 fully saturated rings. The van der Waals surface area contributed by atoms with Gasteiger partial charge in [0.25, 0.3) is 0 Å². The quantitative estimate of drug-likeness (QED) is 0.747. The summed E-state index contributed by atoms with van der Waals surface area (Å²) in [6.45, 7) is 0.768. The number of hydrogen-bond donors (Lipinski definition) is 1. The van der Waals surface area contributed by atoms with E-state index in [9.17, 15) is 4.39 Å². The zero-order valence-electron chi connectivity index (χ0n) is 14.1. The molecule has 128 valence electrons. The van der Waals surface area contributed by atoms with Gasteiger partial charge in [-0.2, -0.15) is 0 Å². The zero-order valence-corrected chi connectivity index (χ0v) is 14.1. The highest BCUT2D eigenvalue weighted by molar-refractivity contribution is 5.32. The molecule has 4 rings (SSSR count). The van der Waals surface area contributed by atoms with Crippen molar-refractivity contribution < 1.29 is 4.39 Å². The lowest BCUT2D eigenvalue weighted by Gasteiger charge is -2.31. The summed E-state index contributed by atoms with van der Waals surface area (Å²) in [6.07, 6.45) is 9.04. The Morgan fingerprint density at radius 2 is 2.00 bits per heavy atom. The Balaban J connectivity index is 1.61. The monoisotopic (exact) mass is 335 g/mol. The molecule has 0 saturated carbocycles. The van der Waals surface area contributed by atoms with E-state index >= 15 is 0 Å². The number of aryl methyl sites for hydroxylation is 1. The molecule has 1 aromatic heterocycles. The lowest BCUT2D eigenvalue weighted by Crippen LogP contribution is -2.31. The SMILES string of the molecule is Fc1ccc(C(Cn2ccnc2)NC2CCCc3ccccc32)cc1. The standard InChI is InChI=1S/C21H22FN3/c22-18-10-8-17(9-11-18)21(14-25-13-12-23-15-25)24-20-7-3-5-16-4-1-2-6-19(16)20/h1-2,4,6,8-13,15,20-21,24H,3,5,7,14H2. The molecule has 0 bridgehead atoms. The van der Waals surface area contributed by atoms with Crippen LogP contribution < -0.4 is 5.32 Å². The molecule has 1 aliphatic rings. The van der Waals surface area contributed by atoms with Gasteiger partial charge in [0.05, 0.1) is 12.4 Å². The number of rotatable bonds is 5. The molecule has 1 heterocycles. The Morgan fingerprint density at radius 1 is 1.16 bits per heavy atom. The first kappa shape index (κ1) is 16.0. The van der Waals surface area contributed by atoms with Crippen LogP contribution in [0.3, 0.4) is 0 Å². The first-order valence-corrected chi connectivity index (χ1v) is 8.84. The molecule has 1 N–H and O–H groups in total. The predicted octanol–water partition coefficient (Wildman–Crippen LogP) is 4.43. The van der Waals surface area contributed by atoms with Crippen molar-refractivity contribution in [3.8, 4) is 0 Å². The highest BCUT2D eigenvalue weighted by Crippen LogP contribution is 2.32. The summed E-state index contributed by atoms with van der Waals surface area (Å²) in [5.41, 5.74) is 3.93. The fourth-order valence-corrected chi connectivity index (χ4v) is 3.72. The second kappa shape index (κ2) is 7.19. The van der Waals surface area contributed by atoms with Crippen LogP contribution in [0.15, 0.2) is 67.3 Å². The minimum absolute atomic E-state index is 0.103. The Kier molecular flexibility index (Phi) is 4.61. The van der Waals surface area contributed by atoms with Gasteiger partial charge in [-0.25, -0.2) is 9.37 Å². The van der Waals surface area contributed by atoms with Crippen molar-refractivity contribution in [3.63, 3.8) is 0 Å². The van der Waals surface area contributed by atoms with E-state index in [0.717, 1.165) is 24.9 Å². The third kappa shape index (κ3) is 3.64. The summed E-state index contributed by atoms with van der Waals surface area (Å²) in [5.74, 6) is -0.201. The van der Waals surface area contributed by atoms with Crippen molar-refractivity contribution in [2.45, 2.75) is 37.9 Å². The molecule has 0 saturated heterocycles. The van der Waals surface area contributed by atoms with Gasteiger partial charge < -0.3 is 9.88 Å². The average molecular weight is 335 g/mol. The van der Waals surface area contributed by atoms with E-state index in [2.05, 4.69) is 39.1 Å². The second-order valence-corrected chi connectivity index (χ2v) is 6.67. The molecule has 0 aliphatic heterocycles. The fraction of sp³-hybridized carbons (Fsp3) is 0.286. The topological polar surface area (TPSA) is 29.9 Å². The maximum atomic E-state index is 13.3. The van der Waals surface area contributed by atoms with Crippen LogP contribution in [0.2, 0.25) is 0 Å². The molecular weight excluding hydrogens is 313 g/mol. The van der Waals surface area contributed by atoms with Gasteiger partial charge in [0, 0.05) is 25.0 Å². The molecule has 0 radical (unpaired) electrons. The van der Waals surface area contributed by atoms with Gasteiger partial charge >= 0.3 is 0 Å². The van der Waals surface area contributed by atoms with Crippen LogP contribution in [0.1, 0.15) is 41.6 Å². The Hall–Kier alpha value is -2.46. The molecule has 4 heteroatoms. The zero-order chi connectivity index (χ0) is 17.1. The van der Waals surface area contributed by atoms with E-state index in [1.54, 1.807) is 6.20 Å². The van der Waals surface area contributed by atoms with E-state index in [4.69, 9.17) is 0 Å². The number of imidazole rings is 1. The third-order valence-electron chi connectivity index (χ3n) is 5.00. The lowest BCUT2D eigenvalue weighted by atomic mass is 9.87. The number of fused-ring (bicyclic) bond motifs is 1. The minimum atomic E-state index is -0.201. The average Bonchev–Trinajstić information content (AvgIpc) is 3.15. The van der Waals surface area contributed by atoms with Crippen LogP contribution in [-0.2, 0) is 13.0 Å². The van der Waals surface area contributed by atoms with E-state index in [-0.39, 0.29) is 11.9 Å². The molecule has 0 amide bonds. The summed E-state index contributed by atoms with van der Waals surface area (Å²) < 4.78 is 15.4. The van der Waals surface area contributed by atoms with Gasteiger partial charge in [-0.3, -0.25) is 0 Å². The van der Waals surface area contributed by atoms with E-state index < -0.39 is 0 Å². The molecule has 2 atom stereocenters. The molecule has 2 aromatic carbocycles. The second-order valence-electron chi connectivity index (χ2n) is 6.67. The third-order valence-corrected chi connectivity index (χ3v) is 5.00. The normalized spacial score (nSPS) is 17.9. The highest BCUT2D eigenvalue weighted by Gasteiger charge is 2.23. The fourth-order valence-electron chi connectivity index (χ4n) is 3.72. The summed E-state index contributed by atoms with van der Waals surface area (Å²) in [6, 6.07) is 15.9. The number of benzene rings is 2. The molecule has 1 aliphatic carbocycles. The van der Waals surface area contributed by atoms with Crippen LogP contribution in [0, 0.1) is 5.82 Å². The van der Waals surface area contributed by atoms with Gasteiger partial charge in [0.1, 0.15) is 5.82 Å². The smallest absolute Gasteiger partial charge is 0.123 e. The molecule has 3 nitrogen and oxygen atoms in total. The Labute approximate surface area is 147 Å². The van der Waals surface area contributed by atoms with Crippen molar-refractivity contribution in [1.29, 1.82) is 0 Å². The first-order chi connectivity index (χ1) is 12.3. The highest BCUT2D eigenvalue weighted by atomic mass is 19.1. The van der Waals surface area contributed by atoms with Crippen LogP contribution in [0.5, 0.6) is 0 Å². The van der Waals surface area contributed by atoms with Crippen LogP contribution >= 0.6 is 0 Å². The Morgan fingerprint density at radius 3 is 2.80 bits per heavy atom. The summed E-state index contributed by atoms with van der Waals surface area (Å²) >= 11 is 0. The molecule has 3 aromatic rings. The van der Waals surface area contributed by atoms with Crippen molar-refractivity contribution >= 4 is 0 Å². The van der Waals surface area contributed by atoms with E-state index in [0.29, 0.717) is 6.04 Å². The number of nitrogens with one attached hydrogen (secondary N) is 1. The maximum absolute atomic E-state index is 13.3. The van der Waals surface area contributed by atoms with Crippen molar-refractivity contribution in [2.75, 3.05) is 0 Å². The largest absolute Gasteiger partial charge is 0.336 e. The lowest BCUT2D eigenvalue weighted by molar-refractivity contribution is 0.370. The predicted molar refractivity (Wildman–Crippen MR) is 96.6 cm³/mol. The van der Waals surface area contributed by atoms with E-state index in [1.165, 1.54) is 29.7 Å². The maximum Gasteiger partial charge on any atom is 0.123 e. The molecule has 25 heavy (non-hydrogen) atoms. The number of nitrogens with zero attached hydrogens (tertiary/aromatic N) is 2. The van der Waals surface area contributed by atoms with E-state index in [1.807, 2.05) is 24.7 Å². The van der Waals surface area contributed by atoms with Crippen LogP contribution in [0.4, 0.5) is 4.39 Å². The van der Waals surface area contributed by atoms with Gasteiger partial charge in [-0.05, 0) is 48.1 Å².